The number of aromatic nitrogens is 2. The van der Waals surface area contributed by atoms with Crippen molar-refractivity contribution in [1.29, 1.82) is 0 Å². The molecule has 142 valence electrons. The van der Waals surface area contributed by atoms with Crippen molar-refractivity contribution in [3.8, 4) is 22.9 Å². The second-order valence-electron chi connectivity index (χ2n) is 6.02. The van der Waals surface area contributed by atoms with Gasteiger partial charge in [0.2, 0.25) is 5.82 Å². The third-order valence-corrected chi connectivity index (χ3v) is 4.10. The van der Waals surface area contributed by atoms with Crippen molar-refractivity contribution < 1.29 is 23.5 Å². The van der Waals surface area contributed by atoms with Crippen molar-refractivity contribution in [3.05, 3.63) is 65.6 Å². The van der Waals surface area contributed by atoms with Gasteiger partial charge in [0, 0.05) is 11.1 Å². The van der Waals surface area contributed by atoms with Crippen LogP contribution in [0.4, 0.5) is 0 Å². The van der Waals surface area contributed by atoms with Crippen molar-refractivity contribution in [3.63, 3.8) is 0 Å². The maximum atomic E-state index is 12.4. The molecule has 0 aliphatic carbocycles. The van der Waals surface area contributed by atoms with Crippen molar-refractivity contribution in [2.24, 2.45) is 0 Å². The van der Waals surface area contributed by atoms with Gasteiger partial charge >= 0.3 is 5.97 Å². The summed E-state index contributed by atoms with van der Waals surface area (Å²) in [7, 11) is 0. The standard InChI is InChI=1S/C21H18N2O5/c1-2-25-17-10-6-9-15-11-16(12-26-19(15)17)21(24)27-13-18-22-20(23-28-18)14-7-4-3-5-8-14/h3-11H,2,12-13H2,1H3. The lowest BCUT2D eigenvalue weighted by molar-refractivity contribution is -0.141. The predicted molar refractivity (Wildman–Crippen MR) is 101 cm³/mol. The van der Waals surface area contributed by atoms with Crippen LogP contribution in [0.3, 0.4) is 0 Å². The second-order valence-corrected chi connectivity index (χ2v) is 6.02. The molecule has 0 radical (unpaired) electrons. The Labute approximate surface area is 161 Å². The van der Waals surface area contributed by atoms with Crippen LogP contribution in [0.2, 0.25) is 0 Å². The van der Waals surface area contributed by atoms with Crippen LogP contribution in [0.15, 0.2) is 58.6 Å². The van der Waals surface area contributed by atoms with Gasteiger partial charge in [-0.1, -0.05) is 47.6 Å². The summed E-state index contributed by atoms with van der Waals surface area (Å²) in [6.45, 7) is 2.44. The Balaban J connectivity index is 1.42. The number of carbonyl (C=O) groups excluding carboxylic acids is 1. The Morgan fingerprint density at radius 1 is 1.14 bits per heavy atom. The number of fused-ring (bicyclic) bond motifs is 1. The van der Waals surface area contributed by atoms with E-state index >= 15 is 0 Å². The molecule has 1 aliphatic heterocycles. The molecule has 28 heavy (non-hydrogen) atoms. The SMILES string of the molecule is CCOc1cccc2c1OCC(C(=O)OCc1nc(-c3ccccc3)no1)=C2. The van der Waals surface area contributed by atoms with E-state index in [1.54, 1.807) is 6.08 Å². The number of esters is 1. The first-order chi connectivity index (χ1) is 13.7. The number of benzene rings is 2. The van der Waals surface area contributed by atoms with Crippen LogP contribution in [0.5, 0.6) is 11.5 Å². The molecule has 0 unspecified atom stereocenters. The van der Waals surface area contributed by atoms with Gasteiger partial charge < -0.3 is 18.7 Å². The summed E-state index contributed by atoms with van der Waals surface area (Å²) < 4.78 is 21.7. The Morgan fingerprint density at radius 3 is 2.82 bits per heavy atom. The third kappa shape index (κ3) is 3.73. The maximum absolute atomic E-state index is 12.4. The van der Waals surface area contributed by atoms with Gasteiger partial charge in [-0.15, -0.1) is 0 Å². The van der Waals surface area contributed by atoms with Crippen molar-refractivity contribution in [2.75, 3.05) is 13.2 Å². The zero-order chi connectivity index (χ0) is 19.3. The molecule has 1 aliphatic rings. The molecule has 2 heterocycles. The van der Waals surface area contributed by atoms with Crippen molar-refractivity contribution in [1.82, 2.24) is 10.1 Å². The molecule has 7 nitrogen and oxygen atoms in total. The molecule has 1 aromatic heterocycles. The summed E-state index contributed by atoms with van der Waals surface area (Å²) in [6.07, 6.45) is 1.74. The van der Waals surface area contributed by atoms with Gasteiger partial charge in [-0.2, -0.15) is 4.98 Å². The van der Waals surface area contributed by atoms with Gasteiger partial charge in [0.1, 0.15) is 6.61 Å². The molecule has 0 saturated carbocycles. The molecule has 7 heteroatoms. The quantitative estimate of drug-likeness (QED) is 0.605. The van der Waals surface area contributed by atoms with Crippen LogP contribution in [0, 0.1) is 0 Å². The Bertz CT molecular complexity index is 1010. The highest BCUT2D eigenvalue weighted by Gasteiger charge is 2.22. The van der Waals surface area contributed by atoms with E-state index in [2.05, 4.69) is 10.1 Å². The number of hydrogen-bond donors (Lipinski definition) is 0. The largest absolute Gasteiger partial charge is 0.490 e. The van der Waals surface area contributed by atoms with Gasteiger partial charge in [0.15, 0.2) is 18.1 Å². The molecule has 0 fully saturated rings. The van der Waals surface area contributed by atoms with E-state index in [0.29, 0.717) is 29.5 Å². The first kappa shape index (κ1) is 17.8. The maximum Gasteiger partial charge on any atom is 0.338 e. The van der Waals surface area contributed by atoms with Gasteiger partial charge in [-0.05, 0) is 19.1 Å². The number of rotatable bonds is 6. The molecular weight excluding hydrogens is 360 g/mol. The zero-order valence-corrected chi connectivity index (χ0v) is 15.3. The van der Waals surface area contributed by atoms with Crippen LogP contribution in [-0.2, 0) is 16.1 Å². The lowest BCUT2D eigenvalue weighted by Crippen LogP contribution is -2.17. The van der Waals surface area contributed by atoms with E-state index in [0.717, 1.165) is 11.1 Å². The molecule has 2 aromatic carbocycles. The number of carbonyl (C=O) groups is 1. The lowest BCUT2D eigenvalue weighted by Gasteiger charge is -2.19. The van der Waals surface area contributed by atoms with E-state index in [1.165, 1.54) is 0 Å². The highest BCUT2D eigenvalue weighted by Crippen LogP contribution is 2.36. The average molecular weight is 378 g/mol. The smallest absolute Gasteiger partial charge is 0.338 e. The van der Waals surface area contributed by atoms with Crippen LogP contribution in [0.25, 0.3) is 17.5 Å². The van der Waals surface area contributed by atoms with E-state index in [9.17, 15) is 4.79 Å². The molecule has 0 N–H and O–H groups in total. The van der Waals surface area contributed by atoms with E-state index in [4.69, 9.17) is 18.7 Å². The molecule has 0 atom stereocenters. The summed E-state index contributed by atoms with van der Waals surface area (Å²) in [5.41, 5.74) is 2.01. The Hall–Kier alpha value is -3.61. The summed E-state index contributed by atoms with van der Waals surface area (Å²) in [5, 5.41) is 3.90. The summed E-state index contributed by atoms with van der Waals surface area (Å²) in [5.74, 6) is 1.47. The molecule has 0 spiro atoms. The van der Waals surface area contributed by atoms with E-state index < -0.39 is 5.97 Å². The number of nitrogens with zero attached hydrogens (tertiary/aromatic N) is 2. The van der Waals surface area contributed by atoms with Crippen LogP contribution in [-0.4, -0.2) is 29.3 Å². The molecule has 3 aromatic rings. The minimum Gasteiger partial charge on any atom is -0.490 e. The van der Waals surface area contributed by atoms with Crippen molar-refractivity contribution in [2.45, 2.75) is 13.5 Å². The number of ether oxygens (including phenoxy) is 3. The lowest BCUT2D eigenvalue weighted by atomic mass is 10.1. The minimum absolute atomic E-state index is 0.106. The van der Waals surface area contributed by atoms with Crippen LogP contribution >= 0.6 is 0 Å². The molecular formula is C21H18N2O5. The second kappa shape index (κ2) is 7.96. The van der Waals surface area contributed by atoms with Crippen molar-refractivity contribution >= 4 is 12.0 Å². The fourth-order valence-electron chi connectivity index (χ4n) is 2.81. The average Bonchev–Trinajstić information content (AvgIpc) is 3.22. The van der Waals surface area contributed by atoms with Gasteiger partial charge in [0.05, 0.1) is 12.2 Å². The minimum atomic E-state index is -0.494. The highest BCUT2D eigenvalue weighted by atomic mass is 16.6. The summed E-state index contributed by atoms with van der Waals surface area (Å²) in [6, 6.07) is 15.0. The summed E-state index contributed by atoms with van der Waals surface area (Å²) >= 11 is 0. The van der Waals surface area contributed by atoms with Gasteiger partial charge in [0.25, 0.3) is 5.89 Å². The fraction of sp³-hybridized carbons (Fsp3) is 0.190. The highest BCUT2D eigenvalue weighted by molar-refractivity contribution is 5.95. The molecule has 0 bridgehead atoms. The normalized spacial score (nSPS) is 12.5. The first-order valence-corrected chi connectivity index (χ1v) is 8.89. The Kier molecular flexibility index (Phi) is 5.05. The predicted octanol–water partition coefficient (Wildman–Crippen LogP) is 3.65. The molecule has 0 amide bonds. The molecule has 4 rings (SSSR count). The van der Waals surface area contributed by atoms with Crippen LogP contribution < -0.4 is 9.47 Å². The zero-order valence-electron chi connectivity index (χ0n) is 15.3. The third-order valence-electron chi connectivity index (χ3n) is 4.10. The molecule has 0 saturated heterocycles. The topological polar surface area (TPSA) is 83.7 Å². The summed E-state index contributed by atoms with van der Waals surface area (Å²) in [4.78, 5) is 16.6. The number of para-hydroxylation sites is 1. The van der Waals surface area contributed by atoms with Gasteiger partial charge in [-0.25, -0.2) is 4.79 Å². The van der Waals surface area contributed by atoms with Crippen LogP contribution in [0.1, 0.15) is 18.4 Å². The van der Waals surface area contributed by atoms with Gasteiger partial charge in [-0.3, -0.25) is 0 Å². The Morgan fingerprint density at radius 2 is 2.00 bits per heavy atom. The van der Waals surface area contributed by atoms with E-state index in [-0.39, 0.29) is 19.1 Å². The number of hydrogen-bond acceptors (Lipinski definition) is 7. The first-order valence-electron chi connectivity index (χ1n) is 8.89. The fourth-order valence-corrected chi connectivity index (χ4v) is 2.81. The van der Waals surface area contributed by atoms with E-state index in [1.807, 2.05) is 55.5 Å². The monoisotopic (exact) mass is 378 g/mol.